The molecular weight excluding hydrogens is 486 g/mol. The van der Waals surface area contributed by atoms with Crippen LogP contribution in [0.2, 0.25) is 10.0 Å². The largest absolute Gasteiger partial charge is 0.366 e. The van der Waals surface area contributed by atoms with Crippen LogP contribution in [0.5, 0.6) is 0 Å². The molecule has 2 aromatic carbocycles. The molecule has 2 aromatic rings. The number of aliphatic imine (C=N–C) groups is 1. The van der Waals surface area contributed by atoms with Gasteiger partial charge in [-0.2, -0.15) is 0 Å². The maximum Gasteiger partial charge on any atom is 0.248 e. The van der Waals surface area contributed by atoms with Gasteiger partial charge < -0.3 is 16.0 Å². The summed E-state index contributed by atoms with van der Waals surface area (Å²) in [5, 5.41) is 4.32. The van der Waals surface area contributed by atoms with Crippen LogP contribution in [-0.2, 0) is 13.1 Å². The highest BCUT2D eigenvalue weighted by Crippen LogP contribution is 2.23. The third kappa shape index (κ3) is 6.34. The normalized spacial score (nSPS) is 10.8. The van der Waals surface area contributed by atoms with Crippen molar-refractivity contribution in [3.8, 4) is 0 Å². The van der Waals surface area contributed by atoms with E-state index in [4.69, 9.17) is 28.9 Å². The van der Waals surface area contributed by atoms with Gasteiger partial charge in [0.15, 0.2) is 5.96 Å². The Kier molecular flexibility index (Phi) is 9.18. The second-order valence-corrected chi connectivity index (χ2v) is 6.38. The van der Waals surface area contributed by atoms with Crippen LogP contribution in [0.4, 0.5) is 0 Å². The number of primary amides is 1. The standard InChI is InChI=1S/C18H20Cl2N4O.HI/c1-22-18(23-10-12-4-3-5-14(8-12)17(21)25)24(2)11-13-6-7-15(19)16(20)9-13;/h3-9H,10-11H2,1-2H3,(H2,21,25)(H,22,23);1H. The van der Waals surface area contributed by atoms with Crippen molar-refractivity contribution in [1.82, 2.24) is 10.2 Å². The number of amides is 1. The number of carbonyl (C=O) groups excluding carboxylic acids is 1. The minimum atomic E-state index is -0.442. The fourth-order valence-corrected chi connectivity index (χ4v) is 2.71. The van der Waals surface area contributed by atoms with Gasteiger partial charge in [-0.3, -0.25) is 9.79 Å². The molecule has 2 rings (SSSR count). The average molecular weight is 507 g/mol. The number of rotatable bonds is 5. The number of nitrogens with two attached hydrogens (primary N) is 1. The minimum Gasteiger partial charge on any atom is -0.366 e. The van der Waals surface area contributed by atoms with E-state index in [-0.39, 0.29) is 24.0 Å². The van der Waals surface area contributed by atoms with Crippen LogP contribution >= 0.6 is 47.2 Å². The summed E-state index contributed by atoms with van der Waals surface area (Å²) in [5.41, 5.74) is 7.76. The van der Waals surface area contributed by atoms with Gasteiger partial charge in [-0.05, 0) is 35.4 Å². The summed E-state index contributed by atoms with van der Waals surface area (Å²) in [5.74, 6) is 0.276. The first-order valence-electron chi connectivity index (χ1n) is 7.65. The summed E-state index contributed by atoms with van der Waals surface area (Å²) < 4.78 is 0. The van der Waals surface area contributed by atoms with E-state index in [0.29, 0.717) is 28.7 Å². The van der Waals surface area contributed by atoms with E-state index in [2.05, 4.69) is 10.3 Å². The zero-order chi connectivity index (χ0) is 18.4. The van der Waals surface area contributed by atoms with Crippen LogP contribution in [0.15, 0.2) is 47.5 Å². The summed E-state index contributed by atoms with van der Waals surface area (Å²) >= 11 is 12.0. The van der Waals surface area contributed by atoms with E-state index in [9.17, 15) is 4.79 Å². The van der Waals surface area contributed by atoms with Crippen LogP contribution in [-0.4, -0.2) is 30.9 Å². The van der Waals surface area contributed by atoms with E-state index in [1.165, 1.54) is 0 Å². The molecular formula is C18H21Cl2IN4O. The van der Waals surface area contributed by atoms with E-state index < -0.39 is 5.91 Å². The SMILES string of the molecule is CN=C(NCc1cccc(C(N)=O)c1)N(C)Cc1ccc(Cl)c(Cl)c1.I. The summed E-state index contributed by atoms with van der Waals surface area (Å²) in [6, 6.07) is 12.7. The van der Waals surface area contributed by atoms with E-state index >= 15 is 0 Å². The predicted octanol–water partition coefficient (Wildman–Crippen LogP) is 3.92. The Morgan fingerprint density at radius 2 is 1.88 bits per heavy atom. The van der Waals surface area contributed by atoms with Gasteiger partial charge in [-0.1, -0.05) is 41.4 Å². The number of benzene rings is 2. The van der Waals surface area contributed by atoms with Crippen molar-refractivity contribution >= 4 is 59.0 Å². The summed E-state index contributed by atoms with van der Waals surface area (Å²) in [7, 11) is 3.64. The highest BCUT2D eigenvalue weighted by atomic mass is 127. The maximum absolute atomic E-state index is 11.3. The highest BCUT2D eigenvalue weighted by molar-refractivity contribution is 14.0. The number of nitrogens with one attached hydrogen (secondary N) is 1. The predicted molar refractivity (Wildman–Crippen MR) is 119 cm³/mol. The lowest BCUT2D eigenvalue weighted by Crippen LogP contribution is -2.38. The first-order valence-corrected chi connectivity index (χ1v) is 8.40. The Morgan fingerprint density at radius 1 is 1.15 bits per heavy atom. The number of halogens is 3. The number of hydrogen-bond acceptors (Lipinski definition) is 2. The monoisotopic (exact) mass is 506 g/mol. The number of guanidine groups is 1. The number of carbonyl (C=O) groups is 1. The van der Waals surface area contributed by atoms with Gasteiger partial charge in [0.25, 0.3) is 0 Å². The van der Waals surface area contributed by atoms with Gasteiger partial charge in [0.2, 0.25) is 5.91 Å². The summed E-state index contributed by atoms with van der Waals surface area (Å²) in [4.78, 5) is 17.5. The number of hydrogen-bond donors (Lipinski definition) is 2. The topological polar surface area (TPSA) is 70.7 Å². The lowest BCUT2D eigenvalue weighted by molar-refractivity contribution is 0.1000. The lowest BCUT2D eigenvalue weighted by Gasteiger charge is -2.22. The van der Waals surface area contributed by atoms with Crippen molar-refractivity contribution in [3.05, 3.63) is 69.2 Å². The van der Waals surface area contributed by atoms with Crippen LogP contribution in [0.1, 0.15) is 21.5 Å². The molecule has 0 spiro atoms. The van der Waals surface area contributed by atoms with Crippen LogP contribution < -0.4 is 11.1 Å². The molecule has 0 aromatic heterocycles. The first-order chi connectivity index (χ1) is 11.9. The highest BCUT2D eigenvalue weighted by Gasteiger charge is 2.09. The molecule has 0 saturated heterocycles. The van der Waals surface area contributed by atoms with Crippen molar-refractivity contribution in [2.24, 2.45) is 10.7 Å². The average Bonchev–Trinajstić information content (AvgIpc) is 2.59. The van der Waals surface area contributed by atoms with Crippen LogP contribution in [0.25, 0.3) is 0 Å². The Morgan fingerprint density at radius 3 is 2.50 bits per heavy atom. The molecule has 140 valence electrons. The third-order valence-electron chi connectivity index (χ3n) is 3.64. The molecule has 0 atom stereocenters. The molecule has 8 heteroatoms. The fraction of sp³-hybridized carbons (Fsp3) is 0.222. The van der Waals surface area contributed by atoms with Gasteiger partial charge >= 0.3 is 0 Å². The van der Waals surface area contributed by atoms with Gasteiger partial charge in [0, 0.05) is 32.7 Å². The van der Waals surface area contributed by atoms with Crippen molar-refractivity contribution in [3.63, 3.8) is 0 Å². The molecule has 0 radical (unpaired) electrons. The Labute approximate surface area is 180 Å². The van der Waals surface area contributed by atoms with Gasteiger partial charge in [0.1, 0.15) is 0 Å². The van der Waals surface area contributed by atoms with E-state index in [1.54, 1.807) is 31.3 Å². The molecule has 0 fully saturated rings. The second kappa shape index (κ2) is 10.6. The van der Waals surface area contributed by atoms with Crippen molar-refractivity contribution in [2.45, 2.75) is 13.1 Å². The second-order valence-electron chi connectivity index (χ2n) is 5.57. The molecule has 0 aliphatic heterocycles. The Hall–Kier alpha value is -1.51. The molecule has 3 N–H and O–H groups in total. The molecule has 0 unspecified atom stereocenters. The Balaban J connectivity index is 0.00000338. The molecule has 0 aliphatic carbocycles. The molecule has 0 saturated carbocycles. The van der Waals surface area contributed by atoms with E-state index in [1.807, 2.05) is 30.1 Å². The zero-order valence-electron chi connectivity index (χ0n) is 14.5. The Bertz CT molecular complexity index is 799. The van der Waals surface area contributed by atoms with Crippen molar-refractivity contribution < 1.29 is 4.79 Å². The zero-order valence-corrected chi connectivity index (χ0v) is 18.3. The van der Waals surface area contributed by atoms with Crippen LogP contribution in [0.3, 0.4) is 0 Å². The fourth-order valence-electron chi connectivity index (χ4n) is 2.39. The smallest absolute Gasteiger partial charge is 0.248 e. The molecule has 0 heterocycles. The number of nitrogens with zero attached hydrogens (tertiary/aromatic N) is 2. The van der Waals surface area contributed by atoms with Crippen molar-refractivity contribution in [1.29, 1.82) is 0 Å². The van der Waals surface area contributed by atoms with Gasteiger partial charge in [-0.15, -0.1) is 24.0 Å². The maximum atomic E-state index is 11.3. The quantitative estimate of drug-likeness (QED) is 0.367. The minimum absolute atomic E-state index is 0. The van der Waals surface area contributed by atoms with Gasteiger partial charge in [0.05, 0.1) is 10.0 Å². The molecule has 26 heavy (non-hydrogen) atoms. The van der Waals surface area contributed by atoms with Gasteiger partial charge in [-0.25, -0.2) is 0 Å². The third-order valence-corrected chi connectivity index (χ3v) is 4.38. The molecule has 0 bridgehead atoms. The van der Waals surface area contributed by atoms with Crippen LogP contribution in [0, 0.1) is 0 Å². The summed E-state index contributed by atoms with van der Waals surface area (Å²) in [6.07, 6.45) is 0. The summed E-state index contributed by atoms with van der Waals surface area (Å²) in [6.45, 7) is 1.15. The molecule has 0 aliphatic rings. The van der Waals surface area contributed by atoms with Crippen molar-refractivity contribution in [2.75, 3.05) is 14.1 Å². The molecule has 1 amide bonds. The van der Waals surface area contributed by atoms with E-state index in [0.717, 1.165) is 17.1 Å². The lowest BCUT2D eigenvalue weighted by atomic mass is 10.1. The molecule has 5 nitrogen and oxygen atoms in total. The first kappa shape index (κ1) is 22.5.